The first kappa shape index (κ1) is 23.6. The molecule has 0 fully saturated rings. The first-order valence-corrected chi connectivity index (χ1v) is 12.5. The molecule has 0 amide bonds. The average molecular weight is 479 g/mol. The van der Waals surface area contributed by atoms with E-state index < -0.39 is 0 Å². The Morgan fingerprint density at radius 1 is 0.444 bits per heavy atom. The highest BCUT2D eigenvalue weighted by Gasteiger charge is 2.17. The number of fused-ring (bicyclic) bond motifs is 10. The predicted octanol–water partition coefficient (Wildman–Crippen LogP) is 9.86. The highest BCUT2D eigenvalue weighted by Crippen LogP contribution is 2.41. The van der Waals surface area contributed by atoms with Crippen LogP contribution in [0.2, 0.25) is 0 Å². The molecule has 4 nitrogen and oxygen atoms in total. The van der Waals surface area contributed by atoms with Gasteiger partial charge in [0, 0.05) is 21.5 Å². The Morgan fingerprint density at radius 2 is 0.861 bits per heavy atom. The molecule has 4 heteroatoms. The van der Waals surface area contributed by atoms with Crippen LogP contribution in [0.15, 0.2) is 81.6 Å². The summed E-state index contributed by atoms with van der Waals surface area (Å²) in [5, 5.41) is 8.79. The maximum absolute atomic E-state index is 6.30. The van der Waals surface area contributed by atoms with Gasteiger partial charge >= 0.3 is 0 Å². The second kappa shape index (κ2) is 9.46. The van der Waals surface area contributed by atoms with Crippen molar-refractivity contribution in [3.8, 4) is 11.5 Å². The standard InChI is InChI=1S/C28H18O4.2C2H6/c1-29-17-5-7-19-15(11-17)3-9-23-27(19)21-13-26-22(14-25(21)31-23)28-20-8-6-18(30-2)12-16(20)4-10-24(28)32-26;2*1-2/h3-14H,1-2H3;2*1-2H3. The lowest BCUT2D eigenvalue weighted by molar-refractivity contribution is 0.415. The summed E-state index contributed by atoms with van der Waals surface area (Å²) in [6.45, 7) is 8.00. The van der Waals surface area contributed by atoms with Crippen molar-refractivity contribution in [2.75, 3.05) is 14.2 Å². The summed E-state index contributed by atoms with van der Waals surface area (Å²) >= 11 is 0. The van der Waals surface area contributed by atoms with Gasteiger partial charge in [-0.1, -0.05) is 39.8 Å². The van der Waals surface area contributed by atoms with Crippen molar-refractivity contribution in [2.24, 2.45) is 0 Å². The van der Waals surface area contributed by atoms with E-state index >= 15 is 0 Å². The molecular weight excluding hydrogens is 448 g/mol. The third kappa shape index (κ3) is 3.53. The fraction of sp³-hybridized carbons (Fsp3) is 0.188. The summed E-state index contributed by atoms with van der Waals surface area (Å²) < 4.78 is 23.4. The van der Waals surface area contributed by atoms with E-state index in [1.165, 1.54) is 0 Å². The zero-order chi connectivity index (χ0) is 25.4. The smallest absolute Gasteiger partial charge is 0.136 e. The van der Waals surface area contributed by atoms with E-state index in [0.29, 0.717) is 0 Å². The van der Waals surface area contributed by atoms with Gasteiger partial charge in [-0.3, -0.25) is 0 Å². The van der Waals surface area contributed by atoms with Gasteiger partial charge in [-0.25, -0.2) is 0 Å². The maximum Gasteiger partial charge on any atom is 0.136 e. The number of methoxy groups -OCH3 is 2. The fourth-order valence-corrected chi connectivity index (χ4v) is 4.91. The van der Waals surface area contributed by atoms with Crippen LogP contribution in [0.25, 0.3) is 65.4 Å². The van der Waals surface area contributed by atoms with Crippen molar-refractivity contribution >= 4 is 65.4 Å². The first-order valence-electron chi connectivity index (χ1n) is 12.5. The van der Waals surface area contributed by atoms with Crippen LogP contribution in [0.3, 0.4) is 0 Å². The lowest BCUT2D eigenvalue weighted by Crippen LogP contribution is -1.82. The molecule has 7 aromatic rings. The molecule has 36 heavy (non-hydrogen) atoms. The van der Waals surface area contributed by atoms with E-state index in [4.69, 9.17) is 18.3 Å². The van der Waals surface area contributed by atoms with E-state index in [1.807, 2.05) is 64.1 Å². The van der Waals surface area contributed by atoms with Crippen LogP contribution < -0.4 is 9.47 Å². The van der Waals surface area contributed by atoms with Gasteiger partial charge in [-0.15, -0.1) is 0 Å². The molecule has 2 aromatic heterocycles. The van der Waals surface area contributed by atoms with Crippen molar-refractivity contribution < 1.29 is 18.3 Å². The molecule has 7 rings (SSSR count). The molecule has 0 saturated carbocycles. The minimum absolute atomic E-state index is 0.841. The molecule has 0 spiro atoms. The number of rotatable bonds is 2. The Morgan fingerprint density at radius 3 is 1.25 bits per heavy atom. The van der Waals surface area contributed by atoms with Crippen molar-refractivity contribution in [1.29, 1.82) is 0 Å². The van der Waals surface area contributed by atoms with Gasteiger partial charge in [0.2, 0.25) is 0 Å². The molecule has 2 heterocycles. The zero-order valence-corrected chi connectivity index (χ0v) is 21.6. The van der Waals surface area contributed by atoms with Gasteiger partial charge in [0.1, 0.15) is 33.8 Å². The number of benzene rings is 5. The SMILES string of the molecule is CC.CC.COc1ccc2c(ccc3oc4cc5c(cc4c32)oc2ccc3cc(OC)ccc3c25)c1. The Hall–Kier alpha value is -4.18. The van der Waals surface area contributed by atoms with Gasteiger partial charge in [0.15, 0.2) is 0 Å². The Balaban J connectivity index is 0.000000637. The minimum Gasteiger partial charge on any atom is -0.497 e. The van der Waals surface area contributed by atoms with E-state index in [0.717, 1.165) is 76.9 Å². The van der Waals surface area contributed by atoms with E-state index in [-0.39, 0.29) is 0 Å². The summed E-state index contributed by atoms with van der Waals surface area (Å²) in [4.78, 5) is 0. The molecule has 0 aliphatic carbocycles. The Bertz CT molecular complexity index is 1720. The lowest BCUT2D eigenvalue weighted by atomic mass is 10.0. The zero-order valence-electron chi connectivity index (χ0n) is 21.6. The minimum atomic E-state index is 0.841. The maximum atomic E-state index is 6.30. The van der Waals surface area contributed by atoms with Gasteiger partial charge < -0.3 is 18.3 Å². The van der Waals surface area contributed by atoms with Crippen molar-refractivity contribution in [1.82, 2.24) is 0 Å². The van der Waals surface area contributed by atoms with Crippen LogP contribution in [0.4, 0.5) is 0 Å². The molecule has 182 valence electrons. The van der Waals surface area contributed by atoms with Gasteiger partial charge in [0.25, 0.3) is 0 Å². The Labute approximate surface area is 210 Å². The summed E-state index contributed by atoms with van der Waals surface area (Å²) in [6, 6.07) is 24.7. The number of ether oxygens (including phenoxy) is 2. The quantitative estimate of drug-likeness (QED) is 0.248. The molecule has 0 saturated heterocycles. The van der Waals surface area contributed by atoms with Crippen molar-refractivity contribution in [3.05, 3.63) is 72.8 Å². The molecule has 0 atom stereocenters. The monoisotopic (exact) mass is 478 g/mol. The number of hydrogen-bond donors (Lipinski definition) is 0. The van der Waals surface area contributed by atoms with E-state index in [2.05, 4.69) is 36.4 Å². The van der Waals surface area contributed by atoms with Crippen LogP contribution >= 0.6 is 0 Å². The van der Waals surface area contributed by atoms with Gasteiger partial charge in [-0.05, 0) is 82.2 Å². The Kier molecular flexibility index (Phi) is 6.19. The second-order valence-corrected chi connectivity index (χ2v) is 8.10. The number of hydrogen-bond acceptors (Lipinski definition) is 4. The molecule has 0 unspecified atom stereocenters. The summed E-state index contributed by atoms with van der Waals surface area (Å²) in [6.07, 6.45) is 0. The largest absolute Gasteiger partial charge is 0.497 e. The van der Waals surface area contributed by atoms with Crippen LogP contribution in [-0.4, -0.2) is 14.2 Å². The summed E-state index contributed by atoms with van der Waals surface area (Å²) in [5.41, 5.74) is 3.43. The lowest BCUT2D eigenvalue weighted by Gasteiger charge is -2.03. The molecule has 0 N–H and O–H groups in total. The molecule has 5 aromatic carbocycles. The van der Waals surface area contributed by atoms with Crippen LogP contribution in [0.5, 0.6) is 11.5 Å². The summed E-state index contributed by atoms with van der Waals surface area (Å²) in [7, 11) is 3.37. The molecule has 0 bridgehead atoms. The molecule has 0 aliphatic heterocycles. The first-order chi connectivity index (χ1) is 17.7. The topological polar surface area (TPSA) is 44.7 Å². The third-order valence-corrected chi connectivity index (χ3v) is 6.44. The molecular formula is C32H30O4. The predicted molar refractivity (Wildman–Crippen MR) is 152 cm³/mol. The van der Waals surface area contributed by atoms with E-state index in [1.54, 1.807) is 14.2 Å². The summed E-state index contributed by atoms with van der Waals surface area (Å²) in [5.74, 6) is 1.68. The van der Waals surface area contributed by atoms with Crippen LogP contribution in [0, 0.1) is 0 Å². The highest BCUT2D eigenvalue weighted by molar-refractivity contribution is 6.25. The number of furan rings is 2. The highest BCUT2D eigenvalue weighted by atomic mass is 16.5. The van der Waals surface area contributed by atoms with Gasteiger partial charge in [-0.2, -0.15) is 0 Å². The van der Waals surface area contributed by atoms with Crippen LogP contribution in [0.1, 0.15) is 27.7 Å². The fourth-order valence-electron chi connectivity index (χ4n) is 4.91. The second-order valence-electron chi connectivity index (χ2n) is 8.10. The van der Waals surface area contributed by atoms with E-state index in [9.17, 15) is 0 Å². The third-order valence-electron chi connectivity index (χ3n) is 6.44. The van der Waals surface area contributed by atoms with Crippen LogP contribution in [-0.2, 0) is 0 Å². The average Bonchev–Trinajstić information content (AvgIpc) is 3.50. The normalized spacial score (nSPS) is 11.1. The van der Waals surface area contributed by atoms with Gasteiger partial charge in [0.05, 0.1) is 14.2 Å². The molecule has 0 radical (unpaired) electrons. The van der Waals surface area contributed by atoms with Crippen molar-refractivity contribution in [3.63, 3.8) is 0 Å². The van der Waals surface area contributed by atoms with Crippen molar-refractivity contribution in [2.45, 2.75) is 27.7 Å². The molecule has 0 aliphatic rings.